The monoisotopic (exact) mass is 416 g/mol. The van der Waals surface area contributed by atoms with Crippen LogP contribution in [0.1, 0.15) is 35.1 Å². The standard InChI is InChI=1S/C20H24N4O4S/c1-12(19(26)23-11-15-10-22-13(2)24-18(15)21)17(8-9-25)29-20(27)14-4-6-16(28-3)7-5-14/h4-7,10,25H,8-9,11H2,1-3H3,(H,23,26)(H2,21,22,24)/b17-12-. The largest absolute Gasteiger partial charge is 0.497 e. The number of carbonyl (C=O) groups is 2. The Morgan fingerprint density at radius 3 is 2.55 bits per heavy atom. The molecule has 0 aliphatic heterocycles. The summed E-state index contributed by atoms with van der Waals surface area (Å²) in [5.74, 6) is 1.14. The maximum Gasteiger partial charge on any atom is 0.247 e. The van der Waals surface area contributed by atoms with Gasteiger partial charge in [0.1, 0.15) is 17.4 Å². The van der Waals surface area contributed by atoms with E-state index in [2.05, 4.69) is 15.3 Å². The Bertz CT molecular complexity index is 913. The first-order valence-corrected chi connectivity index (χ1v) is 9.70. The molecule has 2 rings (SSSR count). The number of hydrogen-bond donors (Lipinski definition) is 3. The third-order valence-corrected chi connectivity index (χ3v) is 5.28. The lowest BCUT2D eigenvalue weighted by Gasteiger charge is -2.12. The van der Waals surface area contributed by atoms with Crippen LogP contribution in [0.3, 0.4) is 0 Å². The van der Waals surface area contributed by atoms with Crippen molar-refractivity contribution in [2.24, 2.45) is 0 Å². The van der Waals surface area contributed by atoms with Gasteiger partial charge in [-0.25, -0.2) is 9.97 Å². The number of amides is 1. The summed E-state index contributed by atoms with van der Waals surface area (Å²) in [6.07, 6.45) is 1.76. The van der Waals surface area contributed by atoms with Crippen LogP contribution in [-0.2, 0) is 11.3 Å². The van der Waals surface area contributed by atoms with Gasteiger partial charge >= 0.3 is 0 Å². The Balaban J connectivity index is 2.10. The Hall–Kier alpha value is -2.91. The number of rotatable bonds is 8. The molecule has 154 valence electrons. The number of thioether (sulfide) groups is 1. The number of benzene rings is 1. The zero-order valence-corrected chi connectivity index (χ0v) is 17.4. The molecule has 1 aromatic heterocycles. The molecule has 1 aromatic carbocycles. The summed E-state index contributed by atoms with van der Waals surface area (Å²) in [6, 6.07) is 6.69. The van der Waals surface area contributed by atoms with Gasteiger partial charge in [-0.05, 0) is 38.1 Å². The number of ether oxygens (including phenoxy) is 1. The molecule has 4 N–H and O–H groups in total. The molecule has 0 saturated heterocycles. The molecule has 0 bridgehead atoms. The van der Waals surface area contributed by atoms with Gasteiger partial charge in [0, 0.05) is 47.4 Å². The number of carbonyl (C=O) groups excluding carboxylic acids is 2. The molecule has 29 heavy (non-hydrogen) atoms. The van der Waals surface area contributed by atoms with E-state index in [0.717, 1.165) is 11.8 Å². The lowest BCUT2D eigenvalue weighted by atomic mass is 10.2. The highest BCUT2D eigenvalue weighted by atomic mass is 32.2. The van der Waals surface area contributed by atoms with Gasteiger partial charge in [-0.2, -0.15) is 0 Å². The molecular weight excluding hydrogens is 392 g/mol. The van der Waals surface area contributed by atoms with Crippen molar-refractivity contribution in [3.05, 3.63) is 57.9 Å². The van der Waals surface area contributed by atoms with Crippen LogP contribution in [0.25, 0.3) is 0 Å². The predicted molar refractivity (Wildman–Crippen MR) is 112 cm³/mol. The number of aliphatic hydroxyl groups excluding tert-OH is 1. The van der Waals surface area contributed by atoms with Crippen LogP contribution in [0, 0.1) is 6.92 Å². The lowest BCUT2D eigenvalue weighted by Crippen LogP contribution is -2.25. The number of aryl methyl sites for hydroxylation is 1. The number of anilines is 1. The van der Waals surface area contributed by atoms with Crippen LogP contribution in [-0.4, -0.2) is 39.8 Å². The fraction of sp³-hybridized carbons (Fsp3) is 0.300. The summed E-state index contributed by atoms with van der Waals surface area (Å²) in [6.45, 7) is 3.32. The normalized spacial score (nSPS) is 11.6. The zero-order valence-electron chi connectivity index (χ0n) is 16.6. The smallest absolute Gasteiger partial charge is 0.247 e. The van der Waals surface area contributed by atoms with Crippen molar-refractivity contribution in [2.45, 2.75) is 26.8 Å². The second-order valence-corrected chi connectivity index (χ2v) is 7.22. The molecule has 0 radical (unpaired) electrons. The second kappa shape index (κ2) is 10.6. The molecule has 0 aliphatic rings. The minimum Gasteiger partial charge on any atom is -0.497 e. The third kappa shape index (κ3) is 6.30. The van der Waals surface area contributed by atoms with Gasteiger partial charge < -0.3 is 20.9 Å². The van der Waals surface area contributed by atoms with E-state index in [9.17, 15) is 14.7 Å². The Kier molecular flexibility index (Phi) is 8.17. The van der Waals surface area contributed by atoms with Crippen molar-refractivity contribution in [1.82, 2.24) is 15.3 Å². The van der Waals surface area contributed by atoms with E-state index < -0.39 is 0 Å². The number of hydrogen-bond acceptors (Lipinski definition) is 8. The topological polar surface area (TPSA) is 127 Å². The van der Waals surface area contributed by atoms with Crippen molar-refractivity contribution in [2.75, 3.05) is 19.5 Å². The second-order valence-electron chi connectivity index (χ2n) is 6.15. The minimum absolute atomic E-state index is 0.159. The highest BCUT2D eigenvalue weighted by Crippen LogP contribution is 2.28. The highest BCUT2D eigenvalue weighted by Gasteiger charge is 2.17. The molecule has 9 heteroatoms. The summed E-state index contributed by atoms with van der Waals surface area (Å²) in [4.78, 5) is 33.7. The maximum absolute atomic E-state index is 12.6. The number of nitrogens with zero attached hydrogens (tertiary/aromatic N) is 2. The third-order valence-electron chi connectivity index (χ3n) is 4.10. The van der Waals surface area contributed by atoms with E-state index >= 15 is 0 Å². The van der Waals surface area contributed by atoms with Crippen molar-refractivity contribution >= 4 is 28.6 Å². The summed E-state index contributed by atoms with van der Waals surface area (Å²) < 4.78 is 5.09. The number of aliphatic hydroxyl groups is 1. The number of methoxy groups -OCH3 is 1. The van der Waals surface area contributed by atoms with Crippen LogP contribution < -0.4 is 15.8 Å². The first-order valence-electron chi connectivity index (χ1n) is 8.88. The zero-order chi connectivity index (χ0) is 21.4. The van der Waals surface area contributed by atoms with Gasteiger partial charge in [-0.15, -0.1) is 0 Å². The van der Waals surface area contributed by atoms with E-state index in [0.29, 0.717) is 39.0 Å². The quantitative estimate of drug-likeness (QED) is 0.559. The highest BCUT2D eigenvalue weighted by molar-refractivity contribution is 8.17. The molecule has 0 saturated carbocycles. The summed E-state index contributed by atoms with van der Waals surface area (Å²) >= 11 is 0.929. The summed E-state index contributed by atoms with van der Waals surface area (Å²) in [7, 11) is 1.55. The van der Waals surface area contributed by atoms with Crippen LogP contribution in [0.5, 0.6) is 5.75 Å². The molecular formula is C20H24N4O4S. The SMILES string of the molecule is COc1ccc(C(=O)S/C(CCO)=C(/C)C(=O)NCc2cnc(C)nc2N)cc1. The van der Waals surface area contributed by atoms with Crippen molar-refractivity contribution in [1.29, 1.82) is 0 Å². The van der Waals surface area contributed by atoms with Crippen LogP contribution in [0.4, 0.5) is 5.82 Å². The molecule has 0 atom stereocenters. The summed E-state index contributed by atoms with van der Waals surface area (Å²) in [5.41, 5.74) is 7.27. The number of nitrogens with one attached hydrogen (secondary N) is 1. The fourth-order valence-electron chi connectivity index (χ4n) is 2.40. The van der Waals surface area contributed by atoms with Crippen molar-refractivity contribution in [3.63, 3.8) is 0 Å². The Morgan fingerprint density at radius 2 is 1.97 bits per heavy atom. The molecule has 0 aliphatic carbocycles. The minimum atomic E-state index is -0.358. The first-order chi connectivity index (χ1) is 13.8. The molecule has 1 amide bonds. The van der Waals surface area contributed by atoms with Gasteiger partial charge in [0.25, 0.3) is 0 Å². The van der Waals surface area contributed by atoms with E-state index in [1.54, 1.807) is 51.4 Å². The van der Waals surface area contributed by atoms with Crippen LogP contribution >= 0.6 is 11.8 Å². The maximum atomic E-state index is 12.6. The van der Waals surface area contributed by atoms with Crippen molar-refractivity contribution in [3.8, 4) is 5.75 Å². The molecule has 2 aromatic rings. The van der Waals surface area contributed by atoms with E-state index in [4.69, 9.17) is 10.5 Å². The number of nitrogens with two attached hydrogens (primary N) is 1. The number of aromatic nitrogens is 2. The van der Waals surface area contributed by atoms with Gasteiger partial charge in [-0.1, -0.05) is 11.8 Å². The van der Waals surface area contributed by atoms with Gasteiger partial charge in [0.15, 0.2) is 0 Å². The predicted octanol–water partition coefficient (Wildman–Crippen LogP) is 2.22. The Morgan fingerprint density at radius 1 is 1.28 bits per heavy atom. The molecule has 0 unspecified atom stereocenters. The molecule has 0 fully saturated rings. The molecule has 8 nitrogen and oxygen atoms in total. The van der Waals surface area contributed by atoms with Crippen molar-refractivity contribution < 1.29 is 19.4 Å². The lowest BCUT2D eigenvalue weighted by molar-refractivity contribution is -0.117. The molecule has 0 spiro atoms. The van der Waals surface area contributed by atoms with Gasteiger partial charge in [0.05, 0.1) is 7.11 Å². The first kappa shape index (κ1) is 22.4. The van der Waals surface area contributed by atoms with E-state index in [-0.39, 0.29) is 30.6 Å². The average Bonchev–Trinajstić information content (AvgIpc) is 2.72. The number of nitrogen functional groups attached to an aromatic ring is 1. The Labute approximate surface area is 173 Å². The average molecular weight is 417 g/mol. The molecule has 1 heterocycles. The fourth-order valence-corrected chi connectivity index (χ4v) is 3.31. The van der Waals surface area contributed by atoms with E-state index in [1.165, 1.54) is 0 Å². The summed E-state index contributed by atoms with van der Waals surface area (Å²) in [5, 5.41) is 11.9. The van der Waals surface area contributed by atoms with E-state index in [1.807, 2.05) is 0 Å². The van der Waals surface area contributed by atoms with Crippen LogP contribution in [0.15, 0.2) is 40.9 Å². The van der Waals surface area contributed by atoms with Gasteiger partial charge in [0.2, 0.25) is 11.0 Å². The van der Waals surface area contributed by atoms with Crippen LogP contribution in [0.2, 0.25) is 0 Å². The van der Waals surface area contributed by atoms with Gasteiger partial charge in [-0.3, -0.25) is 9.59 Å².